The highest BCUT2D eigenvalue weighted by atomic mass is 16.4. The Balaban J connectivity index is 2.19. The first-order valence-corrected chi connectivity index (χ1v) is 15.6. The number of rotatable bonds is 16. The molecule has 238 valence electrons. The number of imide groups is 1. The molecule has 0 saturated carbocycles. The van der Waals surface area contributed by atoms with Gasteiger partial charge in [-0.15, -0.1) is 0 Å². The third kappa shape index (κ3) is 14.4. The Bertz CT molecular complexity index is 1090. The number of aliphatic imine (C=N–C) groups is 1. The number of carbonyl (C=O) groups excluding carboxylic acids is 2. The normalized spacial score (nSPS) is 23.3. The number of carboxylic acid groups (broad SMARTS) is 1. The summed E-state index contributed by atoms with van der Waals surface area (Å²) in [5.41, 5.74) is 12.0. The van der Waals surface area contributed by atoms with Gasteiger partial charge >= 0.3 is 12.0 Å². The number of amides is 3. The lowest BCUT2D eigenvalue weighted by molar-refractivity contribution is -0.137. The van der Waals surface area contributed by atoms with Gasteiger partial charge in [0.15, 0.2) is 12.0 Å². The molecule has 0 aromatic rings. The fourth-order valence-corrected chi connectivity index (χ4v) is 5.54. The lowest BCUT2D eigenvalue weighted by Crippen LogP contribution is -2.42. The number of allylic oxidation sites excluding steroid dienone is 7. The van der Waals surface area contributed by atoms with E-state index in [9.17, 15) is 24.6 Å². The molecule has 0 fully saturated rings. The van der Waals surface area contributed by atoms with Gasteiger partial charge in [0.1, 0.15) is 0 Å². The second-order valence-corrected chi connectivity index (χ2v) is 11.7. The van der Waals surface area contributed by atoms with Gasteiger partial charge in [0, 0.05) is 6.20 Å². The summed E-state index contributed by atoms with van der Waals surface area (Å²) in [7, 11) is 0. The van der Waals surface area contributed by atoms with E-state index in [1.807, 2.05) is 18.3 Å². The van der Waals surface area contributed by atoms with Gasteiger partial charge in [0.05, 0.1) is 12.0 Å². The zero-order valence-electron chi connectivity index (χ0n) is 25.7. The molecule has 0 bridgehead atoms. The number of carbonyl (C=O) groups is 3. The van der Waals surface area contributed by atoms with E-state index in [1.165, 1.54) is 18.7 Å². The smallest absolute Gasteiger partial charge is 0.332 e. The summed E-state index contributed by atoms with van der Waals surface area (Å²) in [6, 6.07) is -2.24. The molecule has 0 aliphatic heterocycles. The van der Waals surface area contributed by atoms with Crippen LogP contribution in [0.3, 0.4) is 0 Å². The van der Waals surface area contributed by atoms with Crippen molar-refractivity contribution >= 4 is 23.9 Å². The lowest BCUT2D eigenvalue weighted by Gasteiger charge is -2.23. The first-order chi connectivity index (χ1) is 20.6. The molecule has 3 amide bonds. The van der Waals surface area contributed by atoms with Crippen molar-refractivity contribution in [2.75, 3.05) is 0 Å². The predicted molar refractivity (Wildman–Crippen MR) is 171 cm³/mol. The molecule has 0 spiro atoms. The molecule has 8 N–H and O–H groups in total. The van der Waals surface area contributed by atoms with Gasteiger partial charge in [0.2, 0.25) is 5.91 Å². The fraction of sp³-hybridized carbons (Fsp3) is 0.576. The van der Waals surface area contributed by atoms with E-state index in [1.54, 1.807) is 6.08 Å². The molecule has 10 nitrogen and oxygen atoms in total. The number of nitrogens with zero attached hydrogens (tertiary/aromatic N) is 1. The standard InChI is InChI=1S/C33H51N5O5/c1-3-4-6-17-29(39)27(30(40)38-33(35)43)18-19-36-32(34)37-28(31(41)42)22-26(21-25-15-9-11-23(2)20-25)16-10-14-24-12-7-5-8-13-24/h7,9-12,16,18-19,22-25,27-29,39H,3-6,8,13-15,17,20-21H2,1-2H3,(H,41,42)(H3,34,36,37)(H3,35,38,40,43). The van der Waals surface area contributed by atoms with Crippen LogP contribution in [0.1, 0.15) is 84.5 Å². The number of nitrogens with two attached hydrogens (primary N) is 2. The third-order valence-electron chi connectivity index (χ3n) is 7.79. The first-order valence-electron chi connectivity index (χ1n) is 15.6. The number of primary amides is 1. The van der Waals surface area contributed by atoms with Crippen molar-refractivity contribution in [1.82, 2.24) is 10.6 Å². The number of carboxylic acids is 1. The Morgan fingerprint density at radius 3 is 2.60 bits per heavy atom. The fourth-order valence-electron chi connectivity index (χ4n) is 5.54. The van der Waals surface area contributed by atoms with Gasteiger partial charge < -0.3 is 27.0 Å². The SMILES string of the molecule is CCCCCC(O)C(C=CNC(N)=NC(C=C(C=CCC1C=CCCC1)CC1CC=CC(C)C1)C(=O)O)C(=O)NC(N)=O. The summed E-state index contributed by atoms with van der Waals surface area (Å²) in [5.74, 6) is -1.73. The van der Waals surface area contributed by atoms with Crippen molar-refractivity contribution in [1.29, 1.82) is 0 Å². The van der Waals surface area contributed by atoms with Crippen LogP contribution in [0.4, 0.5) is 4.79 Å². The number of urea groups is 1. The summed E-state index contributed by atoms with van der Waals surface area (Å²) in [6.07, 6.45) is 26.3. The number of nitrogens with one attached hydrogen (secondary N) is 2. The Kier molecular flexibility index (Phi) is 16.1. The van der Waals surface area contributed by atoms with Crippen molar-refractivity contribution < 1.29 is 24.6 Å². The molecular weight excluding hydrogens is 546 g/mol. The molecule has 0 aromatic carbocycles. The molecule has 2 aliphatic carbocycles. The summed E-state index contributed by atoms with van der Waals surface area (Å²) < 4.78 is 0. The number of guanidine groups is 1. The van der Waals surface area contributed by atoms with E-state index in [0.29, 0.717) is 30.6 Å². The molecule has 10 heteroatoms. The maximum absolute atomic E-state index is 12.5. The zero-order valence-corrected chi connectivity index (χ0v) is 25.7. The predicted octanol–water partition coefficient (Wildman–Crippen LogP) is 4.83. The summed E-state index contributed by atoms with van der Waals surface area (Å²) >= 11 is 0. The average Bonchev–Trinajstić information content (AvgIpc) is 2.95. The van der Waals surface area contributed by atoms with Gasteiger partial charge in [-0.3, -0.25) is 10.1 Å². The van der Waals surface area contributed by atoms with Crippen LogP contribution in [0.15, 0.2) is 65.4 Å². The first kappa shape index (κ1) is 35.5. The summed E-state index contributed by atoms with van der Waals surface area (Å²) in [6.45, 7) is 4.21. The van der Waals surface area contributed by atoms with Gasteiger partial charge in [-0.2, -0.15) is 0 Å². The average molecular weight is 598 g/mol. The number of aliphatic hydroxyl groups excluding tert-OH is 1. The minimum absolute atomic E-state index is 0.167. The Labute approximate surface area is 256 Å². The molecule has 6 atom stereocenters. The number of aliphatic carboxylic acids is 1. The molecular formula is C33H51N5O5. The third-order valence-corrected chi connectivity index (χ3v) is 7.79. The molecule has 0 radical (unpaired) electrons. The minimum atomic E-state index is -1.22. The second kappa shape index (κ2) is 19.5. The van der Waals surface area contributed by atoms with Gasteiger partial charge in [0.25, 0.3) is 0 Å². The zero-order chi connectivity index (χ0) is 31.6. The summed E-state index contributed by atoms with van der Waals surface area (Å²) in [4.78, 5) is 40.0. The van der Waals surface area contributed by atoms with Crippen LogP contribution in [0.5, 0.6) is 0 Å². The van der Waals surface area contributed by atoms with E-state index in [2.05, 4.69) is 47.6 Å². The molecule has 2 aliphatic rings. The molecule has 43 heavy (non-hydrogen) atoms. The monoisotopic (exact) mass is 597 g/mol. The van der Waals surface area contributed by atoms with Crippen LogP contribution >= 0.6 is 0 Å². The van der Waals surface area contributed by atoms with Crippen LogP contribution < -0.4 is 22.1 Å². The van der Waals surface area contributed by atoms with Gasteiger partial charge in [-0.25, -0.2) is 14.6 Å². The number of hydrogen-bond donors (Lipinski definition) is 6. The van der Waals surface area contributed by atoms with E-state index < -0.39 is 36.0 Å². The molecule has 2 rings (SSSR count). The Hall–Kier alpha value is -3.66. The number of hydrogen-bond acceptors (Lipinski definition) is 5. The van der Waals surface area contributed by atoms with Crippen molar-refractivity contribution in [3.8, 4) is 0 Å². The number of unbranched alkanes of at least 4 members (excludes halogenated alkanes) is 2. The van der Waals surface area contributed by atoms with Crippen molar-refractivity contribution in [3.63, 3.8) is 0 Å². The van der Waals surface area contributed by atoms with E-state index in [4.69, 9.17) is 11.5 Å². The Morgan fingerprint density at radius 1 is 1.16 bits per heavy atom. The maximum atomic E-state index is 12.5. The molecule has 6 unspecified atom stereocenters. The topological polar surface area (TPSA) is 180 Å². The van der Waals surface area contributed by atoms with Crippen LogP contribution in [0.2, 0.25) is 0 Å². The molecule has 0 saturated heterocycles. The highest BCUT2D eigenvalue weighted by molar-refractivity contribution is 5.95. The Morgan fingerprint density at radius 2 is 1.95 bits per heavy atom. The van der Waals surface area contributed by atoms with E-state index in [-0.39, 0.29) is 5.96 Å². The largest absolute Gasteiger partial charge is 0.479 e. The van der Waals surface area contributed by atoms with Crippen molar-refractivity contribution in [2.24, 2.45) is 40.1 Å². The van der Waals surface area contributed by atoms with Crippen LogP contribution in [-0.2, 0) is 9.59 Å². The van der Waals surface area contributed by atoms with Gasteiger partial charge in [-0.05, 0) is 80.8 Å². The highest BCUT2D eigenvalue weighted by Gasteiger charge is 2.25. The molecule has 0 heterocycles. The highest BCUT2D eigenvalue weighted by Crippen LogP contribution is 2.29. The number of aliphatic hydroxyl groups is 1. The lowest BCUT2D eigenvalue weighted by atomic mass is 9.83. The van der Waals surface area contributed by atoms with E-state index in [0.717, 1.165) is 56.9 Å². The summed E-state index contributed by atoms with van der Waals surface area (Å²) in [5, 5.41) is 25.2. The van der Waals surface area contributed by atoms with E-state index >= 15 is 0 Å². The second-order valence-electron chi connectivity index (χ2n) is 11.7. The van der Waals surface area contributed by atoms with Crippen molar-refractivity contribution in [2.45, 2.75) is 96.6 Å². The van der Waals surface area contributed by atoms with Crippen LogP contribution in [0, 0.1) is 23.7 Å². The quantitative estimate of drug-likeness (QED) is 0.0484. The molecule has 0 aromatic heterocycles. The van der Waals surface area contributed by atoms with Gasteiger partial charge in [-0.1, -0.05) is 75.6 Å². The maximum Gasteiger partial charge on any atom is 0.332 e. The van der Waals surface area contributed by atoms with Crippen molar-refractivity contribution in [3.05, 3.63) is 60.4 Å². The van der Waals surface area contributed by atoms with Crippen LogP contribution in [0.25, 0.3) is 0 Å². The minimum Gasteiger partial charge on any atom is -0.479 e. The van der Waals surface area contributed by atoms with Crippen LogP contribution in [-0.4, -0.2) is 46.2 Å².